The SMILES string of the molecule is CSc1ncc(C#N)c(N2CCC(NS(=O)(=O)C3CC3)CC2)n1. The largest absolute Gasteiger partial charge is 0.355 e. The average Bonchev–Trinajstić information content (AvgIpc) is 3.40. The van der Waals surface area contributed by atoms with Crippen LogP contribution in [0.25, 0.3) is 0 Å². The minimum absolute atomic E-state index is 0.0238. The molecule has 1 aliphatic heterocycles. The molecule has 9 heteroatoms. The van der Waals surface area contributed by atoms with Crippen molar-refractivity contribution in [1.82, 2.24) is 14.7 Å². The van der Waals surface area contributed by atoms with Gasteiger partial charge in [-0.05, 0) is 31.9 Å². The number of hydrogen-bond acceptors (Lipinski definition) is 7. The van der Waals surface area contributed by atoms with E-state index in [0.29, 0.717) is 29.6 Å². The van der Waals surface area contributed by atoms with Crippen molar-refractivity contribution < 1.29 is 8.42 Å². The summed E-state index contributed by atoms with van der Waals surface area (Å²) in [4.78, 5) is 10.6. The van der Waals surface area contributed by atoms with Crippen LogP contribution in [0.3, 0.4) is 0 Å². The van der Waals surface area contributed by atoms with E-state index in [2.05, 4.69) is 20.8 Å². The van der Waals surface area contributed by atoms with Crippen LogP contribution >= 0.6 is 11.8 Å². The van der Waals surface area contributed by atoms with Crippen molar-refractivity contribution in [2.24, 2.45) is 0 Å². The van der Waals surface area contributed by atoms with Crippen molar-refractivity contribution >= 4 is 27.6 Å². The van der Waals surface area contributed by atoms with Gasteiger partial charge in [-0.15, -0.1) is 0 Å². The lowest BCUT2D eigenvalue weighted by atomic mass is 10.1. The fourth-order valence-electron chi connectivity index (χ4n) is 2.69. The molecule has 1 aromatic heterocycles. The van der Waals surface area contributed by atoms with Crippen LogP contribution in [-0.2, 0) is 10.0 Å². The highest BCUT2D eigenvalue weighted by atomic mass is 32.2. The summed E-state index contributed by atoms with van der Waals surface area (Å²) in [5.74, 6) is 0.648. The van der Waals surface area contributed by atoms with Gasteiger partial charge in [-0.1, -0.05) is 11.8 Å². The third-order valence-corrected chi connectivity index (χ3v) is 6.71. The summed E-state index contributed by atoms with van der Waals surface area (Å²) >= 11 is 1.43. The van der Waals surface area contributed by atoms with E-state index in [-0.39, 0.29) is 11.3 Å². The number of nitriles is 1. The molecule has 1 aliphatic carbocycles. The van der Waals surface area contributed by atoms with Gasteiger partial charge < -0.3 is 4.90 Å². The summed E-state index contributed by atoms with van der Waals surface area (Å²) < 4.78 is 26.8. The summed E-state index contributed by atoms with van der Waals surface area (Å²) in [6.07, 6.45) is 6.43. The molecule has 1 N–H and O–H groups in total. The number of thioether (sulfide) groups is 1. The van der Waals surface area contributed by atoms with Gasteiger partial charge in [0, 0.05) is 19.1 Å². The number of nitrogens with one attached hydrogen (secondary N) is 1. The standard InChI is InChI=1S/C14H19N5O2S2/c1-22-14-16-9-10(8-15)13(17-14)19-6-4-11(5-7-19)18-23(20,21)12-2-3-12/h9,11-12,18H,2-7H2,1H3. The first-order valence-electron chi connectivity index (χ1n) is 7.60. The van der Waals surface area contributed by atoms with Crippen molar-refractivity contribution in [1.29, 1.82) is 5.26 Å². The van der Waals surface area contributed by atoms with E-state index < -0.39 is 10.0 Å². The second-order valence-electron chi connectivity index (χ2n) is 5.83. The summed E-state index contributed by atoms with van der Waals surface area (Å²) in [6.45, 7) is 1.36. The van der Waals surface area contributed by atoms with Gasteiger partial charge in [-0.3, -0.25) is 0 Å². The Labute approximate surface area is 140 Å². The molecule has 7 nitrogen and oxygen atoms in total. The molecular weight excluding hydrogens is 334 g/mol. The summed E-state index contributed by atoms with van der Waals surface area (Å²) in [7, 11) is -3.14. The number of piperidine rings is 1. The van der Waals surface area contributed by atoms with E-state index in [1.165, 1.54) is 11.8 Å². The third-order valence-electron chi connectivity index (χ3n) is 4.14. The Morgan fingerprint density at radius 3 is 2.61 bits per heavy atom. The van der Waals surface area contributed by atoms with Crippen LogP contribution in [0.5, 0.6) is 0 Å². The van der Waals surface area contributed by atoms with Crippen LogP contribution < -0.4 is 9.62 Å². The second kappa shape index (κ2) is 6.63. The summed E-state index contributed by atoms with van der Waals surface area (Å²) in [5.41, 5.74) is 0.458. The van der Waals surface area contributed by atoms with Gasteiger partial charge in [0.2, 0.25) is 10.0 Å². The van der Waals surface area contributed by atoms with Gasteiger partial charge in [0.1, 0.15) is 11.6 Å². The Morgan fingerprint density at radius 1 is 1.35 bits per heavy atom. The smallest absolute Gasteiger partial charge is 0.214 e. The first kappa shape index (κ1) is 16.5. The summed E-state index contributed by atoms with van der Waals surface area (Å²) in [6, 6.07) is 2.11. The topological polar surface area (TPSA) is 99.0 Å². The minimum atomic E-state index is -3.14. The normalized spacial score (nSPS) is 19.6. The molecule has 23 heavy (non-hydrogen) atoms. The van der Waals surface area contributed by atoms with E-state index in [1.807, 2.05) is 11.2 Å². The second-order valence-corrected chi connectivity index (χ2v) is 8.60. The molecule has 0 spiro atoms. The van der Waals surface area contributed by atoms with Crippen LogP contribution in [-0.4, -0.2) is 49.0 Å². The predicted molar refractivity (Wildman–Crippen MR) is 88.8 cm³/mol. The maximum atomic E-state index is 12.0. The molecule has 2 heterocycles. The van der Waals surface area contributed by atoms with Crippen LogP contribution in [0, 0.1) is 11.3 Å². The van der Waals surface area contributed by atoms with Gasteiger partial charge in [-0.2, -0.15) is 5.26 Å². The minimum Gasteiger partial charge on any atom is -0.355 e. The number of nitrogens with zero attached hydrogens (tertiary/aromatic N) is 4. The Hall–Kier alpha value is -1.37. The zero-order chi connectivity index (χ0) is 16.4. The predicted octanol–water partition coefficient (Wildman–Crippen LogP) is 1.12. The molecule has 1 aromatic rings. The number of hydrogen-bond donors (Lipinski definition) is 1. The molecule has 1 saturated heterocycles. The average molecular weight is 353 g/mol. The lowest BCUT2D eigenvalue weighted by Crippen LogP contribution is -2.46. The van der Waals surface area contributed by atoms with Crippen molar-refractivity contribution in [3.8, 4) is 6.07 Å². The monoisotopic (exact) mass is 353 g/mol. The van der Waals surface area contributed by atoms with Crippen LogP contribution in [0.4, 0.5) is 5.82 Å². The molecule has 0 radical (unpaired) electrons. The van der Waals surface area contributed by atoms with E-state index >= 15 is 0 Å². The molecular formula is C14H19N5O2S2. The number of rotatable bonds is 5. The highest BCUT2D eigenvalue weighted by Crippen LogP contribution is 2.29. The van der Waals surface area contributed by atoms with Crippen molar-refractivity contribution in [3.05, 3.63) is 11.8 Å². The van der Waals surface area contributed by atoms with Crippen LogP contribution in [0.1, 0.15) is 31.2 Å². The lowest BCUT2D eigenvalue weighted by molar-refractivity contribution is 0.457. The fourth-order valence-corrected chi connectivity index (χ4v) is 4.68. The first-order valence-corrected chi connectivity index (χ1v) is 10.4. The van der Waals surface area contributed by atoms with Crippen molar-refractivity contribution in [2.75, 3.05) is 24.2 Å². The van der Waals surface area contributed by atoms with Crippen molar-refractivity contribution in [2.45, 2.75) is 42.1 Å². The maximum absolute atomic E-state index is 12.0. The molecule has 0 bridgehead atoms. The molecule has 0 atom stereocenters. The molecule has 1 saturated carbocycles. The number of aromatic nitrogens is 2. The van der Waals surface area contributed by atoms with E-state index in [0.717, 1.165) is 25.7 Å². The quantitative estimate of drug-likeness (QED) is 0.625. The summed E-state index contributed by atoms with van der Waals surface area (Å²) in [5, 5.41) is 9.68. The first-order chi connectivity index (χ1) is 11.0. The van der Waals surface area contributed by atoms with E-state index in [1.54, 1.807) is 6.20 Å². The zero-order valence-electron chi connectivity index (χ0n) is 12.9. The van der Waals surface area contributed by atoms with Gasteiger partial charge in [0.05, 0.1) is 11.4 Å². The van der Waals surface area contributed by atoms with Gasteiger partial charge in [0.15, 0.2) is 11.0 Å². The molecule has 124 valence electrons. The Bertz CT molecular complexity index is 719. The Kier molecular flexibility index (Phi) is 4.75. The highest BCUT2D eigenvalue weighted by molar-refractivity contribution is 7.98. The van der Waals surface area contributed by atoms with Gasteiger partial charge >= 0.3 is 0 Å². The number of anilines is 1. The van der Waals surface area contributed by atoms with Crippen LogP contribution in [0.2, 0.25) is 0 Å². The fraction of sp³-hybridized carbons (Fsp3) is 0.643. The Morgan fingerprint density at radius 2 is 2.04 bits per heavy atom. The van der Waals surface area contributed by atoms with Gasteiger partial charge in [0.25, 0.3) is 0 Å². The third kappa shape index (κ3) is 3.76. The molecule has 3 rings (SSSR count). The molecule has 0 unspecified atom stereocenters. The lowest BCUT2D eigenvalue weighted by Gasteiger charge is -2.33. The van der Waals surface area contributed by atoms with E-state index in [9.17, 15) is 13.7 Å². The van der Waals surface area contributed by atoms with E-state index in [4.69, 9.17) is 0 Å². The molecule has 0 aromatic carbocycles. The number of sulfonamides is 1. The molecule has 0 amide bonds. The molecule has 2 fully saturated rings. The highest BCUT2D eigenvalue weighted by Gasteiger charge is 2.37. The zero-order valence-corrected chi connectivity index (χ0v) is 14.5. The van der Waals surface area contributed by atoms with Crippen LogP contribution in [0.15, 0.2) is 11.4 Å². The van der Waals surface area contributed by atoms with Crippen molar-refractivity contribution in [3.63, 3.8) is 0 Å². The maximum Gasteiger partial charge on any atom is 0.214 e. The molecule has 2 aliphatic rings. The van der Waals surface area contributed by atoms with Gasteiger partial charge in [-0.25, -0.2) is 23.1 Å². The Balaban J connectivity index is 1.66.